The minimum atomic E-state index is -4.49. The van der Waals surface area contributed by atoms with Gasteiger partial charge in [0.25, 0.3) is 0 Å². The number of methoxy groups -OCH3 is 1. The molecule has 2 aromatic carbocycles. The molecular weight excluding hydrogens is 427 g/mol. The highest BCUT2D eigenvalue weighted by molar-refractivity contribution is 5.91. The first-order valence-corrected chi connectivity index (χ1v) is 9.53. The van der Waals surface area contributed by atoms with Gasteiger partial charge >= 0.3 is 11.8 Å². The number of ether oxygens (including phenoxy) is 1. The van der Waals surface area contributed by atoms with Crippen molar-refractivity contribution in [2.75, 3.05) is 12.4 Å². The minimum Gasteiger partial charge on any atom is -0.507 e. The molecule has 168 valence electrons. The van der Waals surface area contributed by atoms with E-state index < -0.39 is 29.2 Å². The van der Waals surface area contributed by atoms with E-state index in [-0.39, 0.29) is 29.2 Å². The molecule has 0 aliphatic carbocycles. The summed E-state index contributed by atoms with van der Waals surface area (Å²) in [5.41, 5.74) is -1.01. The molecule has 0 radical (unpaired) electrons. The van der Waals surface area contributed by atoms with Crippen molar-refractivity contribution < 1.29 is 32.2 Å². The lowest BCUT2D eigenvalue weighted by Gasteiger charge is -2.18. The third-order valence-electron chi connectivity index (χ3n) is 4.84. The largest absolute Gasteiger partial charge is 0.507 e. The predicted molar refractivity (Wildman–Crippen MR) is 111 cm³/mol. The first kappa shape index (κ1) is 22.9. The number of aromatic hydroxyl groups is 1. The molecule has 32 heavy (non-hydrogen) atoms. The van der Waals surface area contributed by atoms with Crippen molar-refractivity contribution in [1.82, 2.24) is 0 Å². The Hall–Kier alpha value is -3.75. The topological polar surface area (TPSA) is 88.8 Å². The van der Waals surface area contributed by atoms with E-state index >= 15 is 0 Å². The number of halogens is 3. The van der Waals surface area contributed by atoms with Gasteiger partial charge in [0.1, 0.15) is 17.3 Å². The quantitative estimate of drug-likeness (QED) is 0.565. The molecule has 0 saturated carbocycles. The van der Waals surface area contributed by atoms with E-state index in [0.29, 0.717) is 11.3 Å². The SMILES string of the molecule is COc1ccc(C(CC(=O)Nc2ccc(C(F)(F)F)cc2)c2c(O)cc(C)oc2=O)cc1. The Labute approximate surface area is 181 Å². The van der Waals surface area contributed by atoms with Crippen LogP contribution in [0, 0.1) is 6.92 Å². The van der Waals surface area contributed by atoms with Crippen LogP contribution in [-0.2, 0) is 11.0 Å². The van der Waals surface area contributed by atoms with E-state index in [1.807, 2.05) is 0 Å². The van der Waals surface area contributed by atoms with Gasteiger partial charge in [0.05, 0.1) is 18.2 Å². The van der Waals surface area contributed by atoms with Gasteiger partial charge in [-0.15, -0.1) is 0 Å². The van der Waals surface area contributed by atoms with Gasteiger partial charge in [-0.3, -0.25) is 4.79 Å². The zero-order valence-corrected chi connectivity index (χ0v) is 17.2. The Balaban J connectivity index is 1.90. The Morgan fingerprint density at radius 1 is 1.12 bits per heavy atom. The van der Waals surface area contributed by atoms with Crippen LogP contribution in [0.5, 0.6) is 11.5 Å². The number of hydrogen-bond acceptors (Lipinski definition) is 5. The number of alkyl halides is 3. The number of amides is 1. The highest BCUT2D eigenvalue weighted by atomic mass is 19.4. The van der Waals surface area contributed by atoms with Gasteiger partial charge in [-0.2, -0.15) is 13.2 Å². The number of benzene rings is 2. The summed E-state index contributed by atoms with van der Waals surface area (Å²) in [6.45, 7) is 1.50. The number of nitrogens with one attached hydrogen (secondary N) is 1. The molecule has 0 fully saturated rings. The highest BCUT2D eigenvalue weighted by Crippen LogP contribution is 2.34. The molecule has 2 N–H and O–H groups in total. The molecule has 0 aliphatic heterocycles. The fraction of sp³-hybridized carbons (Fsp3) is 0.217. The molecule has 1 unspecified atom stereocenters. The van der Waals surface area contributed by atoms with Crippen LogP contribution in [0.4, 0.5) is 18.9 Å². The zero-order chi connectivity index (χ0) is 23.5. The molecule has 1 aromatic heterocycles. The molecule has 0 bridgehead atoms. The summed E-state index contributed by atoms with van der Waals surface area (Å²) in [4.78, 5) is 25.2. The molecule has 1 atom stereocenters. The fourth-order valence-electron chi connectivity index (χ4n) is 3.29. The summed E-state index contributed by atoms with van der Waals surface area (Å²) in [6, 6.07) is 11.9. The summed E-state index contributed by atoms with van der Waals surface area (Å²) in [6.07, 6.45) is -4.76. The number of aryl methyl sites for hydroxylation is 1. The van der Waals surface area contributed by atoms with Crippen molar-refractivity contribution >= 4 is 11.6 Å². The third kappa shape index (κ3) is 5.29. The third-order valence-corrected chi connectivity index (χ3v) is 4.84. The maximum atomic E-state index is 12.7. The zero-order valence-electron chi connectivity index (χ0n) is 17.2. The number of anilines is 1. The molecule has 3 rings (SSSR count). The molecule has 1 heterocycles. The predicted octanol–water partition coefficient (Wildman–Crippen LogP) is 4.84. The van der Waals surface area contributed by atoms with Crippen molar-refractivity contribution in [2.24, 2.45) is 0 Å². The second kappa shape index (κ2) is 9.17. The minimum absolute atomic E-state index is 0.0941. The van der Waals surface area contributed by atoms with Gasteiger partial charge in [0.15, 0.2) is 0 Å². The van der Waals surface area contributed by atoms with E-state index in [0.717, 1.165) is 24.3 Å². The summed E-state index contributed by atoms with van der Waals surface area (Å²) in [5, 5.41) is 12.9. The van der Waals surface area contributed by atoms with Crippen LogP contribution < -0.4 is 15.7 Å². The van der Waals surface area contributed by atoms with E-state index in [1.54, 1.807) is 24.3 Å². The molecule has 9 heteroatoms. The lowest BCUT2D eigenvalue weighted by molar-refractivity contribution is -0.137. The molecule has 6 nitrogen and oxygen atoms in total. The summed E-state index contributed by atoms with van der Waals surface area (Å²) < 4.78 is 48.4. The van der Waals surface area contributed by atoms with Gasteiger partial charge in [0.2, 0.25) is 5.91 Å². The van der Waals surface area contributed by atoms with Crippen molar-refractivity contribution in [3.05, 3.63) is 87.5 Å². The number of carbonyl (C=O) groups is 1. The van der Waals surface area contributed by atoms with Crippen molar-refractivity contribution in [1.29, 1.82) is 0 Å². The summed E-state index contributed by atoms with van der Waals surface area (Å²) in [5.74, 6) is -0.986. The van der Waals surface area contributed by atoms with Crippen molar-refractivity contribution in [3.63, 3.8) is 0 Å². The normalized spacial score (nSPS) is 12.3. The van der Waals surface area contributed by atoms with Gasteiger partial charge in [-0.05, 0) is 48.9 Å². The van der Waals surface area contributed by atoms with Gasteiger partial charge in [-0.1, -0.05) is 12.1 Å². The molecule has 3 aromatic rings. The van der Waals surface area contributed by atoms with Crippen LogP contribution in [0.3, 0.4) is 0 Å². The van der Waals surface area contributed by atoms with Crippen LogP contribution in [0.2, 0.25) is 0 Å². The number of rotatable bonds is 6. The average Bonchev–Trinajstić information content (AvgIpc) is 2.72. The van der Waals surface area contributed by atoms with E-state index in [4.69, 9.17) is 9.15 Å². The lowest BCUT2D eigenvalue weighted by atomic mass is 9.88. The van der Waals surface area contributed by atoms with Gasteiger partial charge < -0.3 is 19.6 Å². The Morgan fingerprint density at radius 3 is 2.28 bits per heavy atom. The van der Waals surface area contributed by atoms with E-state index in [1.165, 1.54) is 20.1 Å². The average molecular weight is 447 g/mol. The first-order valence-electron chi connectivity index (χ1n) is 9.53. The van der Waals surface area contributed by atoms with Crippen LogP contribution >= 0.6 is 0 Å². The van der Waals surface area contributed by atoms with Gasteiger partial charge in [-0.25, -0.2) is 4.79 Å². The monoisotopic (exact) mass is 447 g/mol. The van der Waals surface area contributed by atoms with E-state index in [2.05, 4.69) is 5.32 Å². The number of carbonyl (C=O) groups excluding carboxylic acids is 1. The van der Waals surface area contributed by atoms with Crippen LogP contribution in [0.1, 0.15) is 34.8 Å². The second-order valence-corrected chi connectivity index (χ2v) is 7.10. The Morgan fingerprint density at radius 2 is 1.75 bits per heavy atom. The van der Waals surface area contributed by atoms with Crippen molar-refractivity contribution in [2.45, 2.75) is 25.4 Å². The van der Waals surface area contributed by atoms with Gasteiger partial charge in [0, 0.05) is 24.1 Å². The highest BCUT2D eigenvalue weighted by Gasteiger charge is 2.30. The molecule has 0 saturated heterocycles. The molecular formula is C23H20F3NO5. The second-order valence-electron chi connectivity index (χ2n) is 7.10. The fourth-order valence-corrected chi connectivity index (χ4v) is 3.29. The standard InChI is InChI=1S/C23H20F3NO5/c1-13-11-19(28)21(22(30)32-13)18(14-3-9-17(31-2)10-4-14)12-20(29)27-16-7-5-15(6-8-16)23(24,25)26/h3-11,18,28H,12H2,1-2H3,(H,27,29). The van der Waals surface area contributed by atoms with Crippen LogP contribution in [-0.4, -0.2) is 18.1 Å². The maximum absolute atomic E-state index is 12.7. The summed E-state index contributed by atoms with van der Waals surface area (Å²) >= 11 is 0. The maximum Gasteiger partial charge on any atom is 0.416 e. The lowest BCUT2D eigenvalue weighted by Crippen LogP contribution is -2.21. The van der Waals surface area contributed by atoms with Crippen LogP contribution in [0.25, 0.3) is 0 Å². The smallest absolute Gasteiger partial charge is 0.416 e. The van der Waals surface area contributed by atoms with Crippen molar-refractivity contribution in [3.8, 4) is 11.5 Å². The van der Waals surface area contributed by atoms with Crippen LogP contribution in [0.15, 0.2) is 63.8 Å². The molecule has 0 aliphatic rings. The number of hydrogen-bond donors (Lipinski definition) is 2. The first-order chi connectivity index (χ1) is 15.1. The summed E-state index contributed by atoms with van der Waals surface area (Å²) in [7, 11) is 1.49. The Kier molecular flexibility index (Phi) is 6.57. The Bertz CT molecular complexity index is 1150. The van der Waals surface area contributed by atoms with E-state index in [9.17, 15) is 27.9 Å². The molecule has 0 spiro atoms. The molecule has 1 amide bonds.